The van der Waals surface area contributed by atoms with Crippen LogP contribution in [0.4, 0.5) is 11.8 Å². The van der Waals surface area contributed by atoms with Crippen molar-refractivity contribution in [2.75, 3.05) is 50.0 Å². The Kier molecular flexibility index (Phi) is 5.86. The van der Waals surface area contributed by atoms with Gasteiger partial charge in [0.15, 0.2) is 0 Å². The highest BCUT2D eigenvalue weighted by molar-refractivity contribution is 5.97. The van der Waals surface area contributed by atoms with Crippen molar-refractivity contribution in [2.45, 2.75) is 12.6 Å². The van der Waals surface area contributed by atoms with Crippen molar-refractivity contribution in [1.82, 2.24) is 30.2 Å². The standard InChI is InChI=1S/C26H28N8O2/c1-33-8-10-34(11-9-33)23-7-6-17(12-27-23)13-30-26-31-15-20-19(14-28-24(20)32-26)22-16-29-25(35)18-4-2-3-5-21(18)36-22/h2-7,12,14-15,22H,8-11,13,16H2,1H3,(H,29,35)(H2,28,30,31,32). The van der Waals surface area contributed by atoms with Crippen LogP contribution in [0.25, 0.3) is 11.0 Å². The second-order valence-electron chi connectivity index (χ2n) is 9.18. The van der Waals surface area contributed by atoms with Gasteiger partial charge < -0.3 is 30.2 Å². The molecule has 0 spiro atoms. The number of carbonyl (C=O) groups excluding carboxylic acids is 1. The van der Waals surface area contributed by atoms with E-state index in [2.05, 4.69) is 59.5 Å². The molecule has 36 heavy (non-hydrogen) atoms. The summed E-state index contributed by atoms with van der Waals surface area (Å²) >= 11 is 0. The Morgan fingerprint density at radius 3 is 2.78 bits per heavy atom. The van der Waals surface area contributed by atoms with Gasteiger partial charge in [0.25, 0.3) is 5.91 Å². The number of para-hydroxylation sites is 1. The van der Waals surface area contributed by atoms with Crippen molar-refractivity contribution in [3.63, 3.8) is 0 Å². The smallest absolute Gasteiger partial charge is 0.255 e. The van der Waals surface area contributed by atoms with Gasteiger partial charge in [-0.25, -0.2) is 9.97 Å². The number of aromatic nitrogens is 4. The van der Waals surface area contributed by atoms with Crippen LogP contribution < -0.4 is 20.3 Å². The van der Waals surface area contributed by atoms with E-state index in [0.717, 1.165) is 48.5 Å². The highest BCUT2D eigenvalue weighted by atomic mass is 16.5. The number of benzene rings is 1. The lowest BCUT2D eigenvalue weighted by Gasteiger charge is -2.33. The number of fused-ring (bicyclic) bond motifs is 2. The topological polar surface area (TPSA) is 111 Å². The lowest BCUT2D eigenvalue weighted by molar-refractivity contribution is 0.0951. The summed E-state index contributed by atoms with van der Waals surface area (Å²) in [5, 5.41) is 7.08. The van der Waals surface area contributed by atoms with Crippen LogP contribution in [0.5, 0.6) is 5.75 Å². The second kappa shape index (κ2) is 9.46. The number of rotatable bonds is 5. The minimum absolute atomic E-state index is 0.137. The zero-order valence-electron chi connectivity index (χ0n) is 20.1. The summed E-state index contributed by atoms with van der Waals surface area (Å²) in [5.41, 5.74) is 3.20. The molecule has 1 aromatic carbocycles. The number of ether oxygens (including phenoxy) is 1. The fourth-order valence-electron chi connectivity index (χ4n) is 4.61. The number of H-pyrrole nitrogens is 1. The number of amides is 1. The van der Waals surface area contributed by atoms with Gasteiger partial charge in [-0.05, 0) is 30.8 Å². The van der Waals surface area contributed by atoms with Gasteiger partial charge in [-0.15, -0.1) is 0 Å². The Morgan fingerprint density at radius 2 is 1.94 bits per heavy atom. The van der Waals surface area contributed by atoms with E-state index in [1.165, 1.54) is 0 Å². The molecule has 184 valence electrons. The summed E-state index contributed by atoms with van der Waals surface area (Å²) in [7, 11) is 2.15. The maximum Gasteiger partial charge on any atom is 0.255 e. The minimum atomic E-state index is -0.348. The van der Waals surface area contributed by atoms with E-state index in [4.69, 9.17) is 4.74 Å². The zero-order valence-corrected chi connectivity index (χ0v) is 20.1. The molecule has 1 atom stereocenters. The molecule has 0 bridgehead atoms. The van der Waals surface area contributed by atoms with E-state index < -0.39 is 0 Å². The predicted molar refractivity (Wildman–Crippen MR) is 137 cm³/mol. The lowest BCUT2D eigenvalue weighted by Crippen LogP contribution is -2.44. The Hall–Kier alpha value is -4.18. The molecule has 1 unspecified atom stereocenters. The van der Waals surface area contributed by atoms with Gasteiger partial charge in [-0.2, -0.15) is 4.98 Å². The van der Waals surface area contributed by atoms with Crippen LogP contribution in [0.15, 0.2) is 55.0 Å². The van der Waals surface area contributed by atoms with Gasteiger partial charge >= 0.3 is 0 Å². The molecule has 6 rings (SSSR count). The van der Waals surface area contributed by atoms with E-state index in [9.17, 15) is 4.79 Å². The number of carbonyl (C=O) groups is 1. The normalized spacial score (nSPS) is 18.3. The van der Waals surface area contributed by atoms with Crippen LogP contribution in [-0.4, -0.2) is 70.5 Å². The summed E-state index contributed by atoms with van der Waals surface area (Å²) in [4.78, 5) is 34.1. The molecule has 5 heterocycles. The lowest BCUT2D eigenvalue weighted by atomic mass is 10.1. The third-order valence-electron chi connectivity index (χ3n) is 6.75. The minimum Gasteiger partial charge on any atom is -0.483 e. The fourth-order valence-corrected chi connectivity index (χ4v) is 4.61. The van der Waals surface area contributed by atoms with Crippen molar-refractivity contribution in [3.8, 4) is 5.75 Å². The number of nitrogens with one attached hydrogen (secondary N) is 3. The average molecular weight is 485 g/mol. The SMILES string of the molecule is CN1CCN(c2ccc(CNc3ncc4c(C5CNC(=O)c6ccccc6O5)c[nH]c4n3)cn2)CC1. The Morgan fingerprint density at radius 1 is 1.08 bits per heavy atom. The molecule has 1 saturated heterocycles. The van der Waals surface area contributed by atoms with Crippen molar-refractivity contribution in [3.05, 3.63) is 71.7 Å². The van der Waals surface area contributed by atoms with Crippen LogP contribution in [0.3, 0.4) is 0 Å². The molecule has 0 radical (unpaired) electrons. The summed E-state index contributed by atoms with van der Waals surface area (Å²) < 4.78 is 6.19. The number of nitrogens with zero attached hydrogens (tertiary/aromatic N) is 5. The Bertz CT molecular complexity index is 1380. The number of likely N-dealkylation sites (N-methyl/N-ethyl adjacent to an activating group) is 1. The molecule has 10 nitrogen and oxygen atoms in total. The number of piperazine rings is 1. The van der Waals surface area contributed by atoms with Crippen molar-refractivity contribution in [2.24, 2.45) is 0 Å². The first-order chi connectivity index (χ1) is 17.6. The second-order valence-corrected chi connectivity index (χ2v) is 9.18. The monoisotopic (exact) mass is 484 g/mol. The molecule has 3 aromatic heterocycles. The number of aromatic amines is 1. The van der Waals surface area contributed by atoms with E-state index >= 15 is 0 Å². The number of anilines is 2. The fraction of sp³-hybridized carbons (Fsp3) is 0.308. The van der Waals surface area contributed by atoms with Gasteiger partial charge in [0.2, 0.25) is 5.95 Å². The first kappa shape index (κ1) is 22.3. The molecular formula is C26H28N8O2. The Labute approximate surface area is 208 Å². The maximum absolute atomic E-state index is 12.4. The zero-order chi connectivity index (χ0) is 24.5. The third-order valence-corrected chi connectivity index (χ3v) is 6.75. The van der Waals surface area contributed by atoms with Crippen molar-refractivity contribution < 1.29 is 9.53 Å². The molecule has 2 aliphatic rings. The number of hydrogen-bond acceptors (Lipinski definition) is 8. The van der Waals surface area contributed by atoms with Gasteiger partial charge in [0, 0.05) is 62.3 Å². The van der Waals surface area contributed by atoms with Crippen LogP contribution >= 0.6 is 0 Å². The predicted octanol–water partition coefficient (Wildman–Crippen LogP) is 2.58. The van der Waals surface area contributed by atoms with Crippen LogP contribution in [0, 0.1) is 0 Å². The Balaban J connectivity index is 1.13. The third kappa shape index (κ3) is 4.42. The van der Waals surface area contributed by atoms with Crippen LogP contribution in [-0.2, 0) is 6.54 Å². The average Bonchev–Trinajstić information content (AvgIpc) is 3.26. The van der Waals surface area contributed by atoms with Gasteiger partial charge in [0.05, 0.1) is 12.1 Å². The van der Waals surface area contributed by atoms with Crippen LogP contribution in [0.1, 0.15) is 27.6 Å². The molecular weight excluding hydrogens is 456 g/mol. The van der Waals surface area contributed by atoms with E-state index in [0.29, 0.717) is 36.0 Å². The molecule has 3 N–H and O–H groups in total. The van der Waals surface area contributed by atoms with Gasteiger partial charge in [-0.3, -0.25) is 4.79 Å². The summed E-state index contributed by atoms with van der Waals surface area (Å²) in [6, 6.07) is 11.4. The first-order valence-electron chi connectivity index (χ1n) is 12.1. The van der Waals surface area contributed by atoms with Gasteiger partial charge in [-0.1, -0.05) is 18.2 Å². The quantitative estimate of drug-likeness (QED) is 0.396. The molecule has 1 fully saturated rings. The van der Waals surface area contributed by atoms with Crippen molar-refractivity contribution >= 4 is 28.7 Å². The maximum atomic E-state index is 12.4. The largest absolute Gasteiger partial charge is 0.483 e. The highest BCUT2D eigenvalue weighted by Crippen LogP contribution is 2.31. The number of hydrogen-bond donors (Lipinski definition) is 3. The van der Waals surface area contributed by atoms with Crippen molar-refractivity contribution in [1.29, 1.82) is 0 Å². The van der Waals surface area contributed by atoms with Crippen LogP contribution in [0.2, 0.25) is 0 Å². The molecule has 0 aliphatic carbocycles. The summed E-state index contributed by atoms with van der Waals surface area (Å²) in [6.07, 6.45) is 5.21. The van der Waals surface area contributed by atoms with E-state index in [-0.39, 0.29) is 12.0 Å². The highest BCUT2D eigenvalue weighted by Gasteiger charge is 2.26. The summed E-state index contributed by atoms with van der Waals surface area (Å²) in [6.45, 7) is 5.04. The molecule has 4 aromatic rings. The first-order valence-corrected chi connectivity index (χ1v) is 12.1. The molecule has 10 heteroatoms. The van der Waals surface area contributed by atoms with Gasteiger partial charge in [0.1, 0.15) is 23.3 Å². The number of pyridine rings is 1. The van der Waals surface area contributed by atoms with E-state index in [1.54, 1.807) is 12.3 Å². The summed E-state index contributed by atoms with van der Waals surface area (Å²) in [5.74, 6) is 1.97. The molecule has 0 saturated carbocycles. The molecule has 2 aliphatic heterocycles. The molecule has 1 amide bonds. The van der Waals surface area contributed by atoms with E-state index in [1.807, 2.05) is 30.6 Å².